The molecule has 0 radical (unpaired) electrons. The quantitative estimate of drug-likeness (QED) is 0.650. The van der Waals surface area contributed by atoms with Gasteiger partial charge in [0.1, 0.15) is 0 Å². The molecule has 60 valence electrons. The van der Waals surface area contributed by atoms with Crippen LogP contribution in [0.1, 0.15) is 0 Å². The lowest BCUT2D eigenvalue weighted by Crippen LogP contribution is -2.01. The maximum atomic E-state index is 5.40. The molecule has 0 aliphatic rings. The number of anilines is 1. The van der Waals surface area contributed by atoms with E-state index in [1.807, 2.05) is 6.07 Å². The van der Waals surface area contributed by atoms with Crippen LogP contribution in [0, 0.1) is 0 Å². The molecule has 5 heteroatoms. The molecule has 0 bridgehead atoms. The van der Waals surface area contributed by atoms with Crippen LogP contribution in [0.5, 0.6) is 0 Å². The smallest absolute Gasteiger partial charge is 0.221 e. The molecule has 5 nitrogen and oxygen atoms in total. The number of hydrogen-bond acceptors (Lipinski definition) is 4. The van der Waals surface area contributed by atoms with Crippen molar-refractivity contribution in [2.45, 2.75) is 0 Å². The Morgan fingerprint density at radius 1 is 1.33 bits per heavy atom. The lowest BCUT2D eigenvalue weighted by molar-refractivity contribution is 0.842. The van der Waals surface area contributed by atoms with Gasteiger partial charge in [-0.05, 0) is 6.07 Å². The van der Waals surface area contributed by atoms with Gasteiger partial charge >= 0.3 is 0 Å². The molecule has 0 fully saturated rings. The third-order valence-electron chi connectivity index (χ3n) is 1.40. The van der Waals surface area contributed by atoms with Gasteiger partial charge in [-0.2, -0.15) is 10.1 Å². The topological polar surface area (TPSA) is 69.6 Å². The van der Waals surface area contributed by atoms with E-state index in [9.17, 15) is 0 Å². The maximum absolute atomic E-state index is 5.40. The zero-order valence-corrected chi connectivity index (χ0v) is 6.25. The summed E-state index contributed by atoms with van der Waals surface area (Å²) < 4.78 is 1.62. The molecule has 0 unspecified atom stereocenters. The molecule has 2 aromatic rings. The second-order valence-corrected chi connectivity index (χ2v) is 2.22. The van der Waals surface area contributed by atoms with E-state index in [1.165, 1.54) is 0 Å². The Morgan fingerprint density at radius 2 is 2.25 bits per heavy atom. The Hall–Kier alpha value is -1.91. The van der Waals surface area contributed by atoms with Crippen molar-refractivity contribution in [2.24, 2.45) is 0 Å². The highest BCUT2D eigenvalue weighted by Crippen LogP contribution is 2.01. The minimum absolute atomic E-state index is 0.253. The summed E-state index contributed by atoms with van der Waals surface area (Å²) in [5, 5.41) is 4.00. The lowest BCUT2D eigenvalue weighted by atomic mass is 10.6. The summed E-state index contributed by atoms with van der Waals surface area (Å²) in [7, 11) is 0. The van der Waals surface area contributed by atoms with E-state index in [0.717, 1.165) is 0 Å². The molecule has 0 atom stereocenters. The van der Waals surface area contributed by atoms with Crippen LogP contribution < -0.4 is 5.73 Å². The molecular formula is C7H7N5. The van der Waals surface area contributed by atoms with Crippen molar-refractivity contribution in [1.29, 1.82) is 0 Å². The third kappa shape index (κ3) is 1.12. The van der Waals surface area contributed by atoms with Crippen molar-refractivity contribution in [3.8, 4) is 5.82 Å². The fourth-order valence-corrected chi connectivity index (χ4v) is 0.896. The molecule has 12 heavy (non-hydrogen) atoms. The molecule has 0 aromatic carbocycles. The first-order valence-corrected chi connectivity index (χ1v) is 3.45. The highest BCUT2D eigenvalue weighted by molar-refractivity contribution is 5.26. The zero-order valence-electron chi connectivity index (χ0n) is 6.25. The van der Waals surface area contributed by atoms with Crippen LogP contribution in [-0.2, 0) is 0 Å². The van der Waals surface area contributed by atoms with Crippen LogP contribution in [0.3, 0.4) is 0 Å². The van der Waals surface area contributed by atoms with Crippen LogP contribution in [0.2, 0.25) is 0 Å². The van der Waals surface area contributed by atoms with Crippen molar-refractivity contribution in [3.05, 3.63) is 30.7 Å². The third-order valence-corrected chi connectivity index (χ3v) is 1.40. The Balaban J connectivity index is 2.48. The number of nitrogens with zero attached hydrogens (tertiary/aromatic N) is 4. The summed E-state index contributed by atoms with van der Waals surface area (Å²) in [5.41, 5.74) is 5.40. The van der Waals surface area contributed by atoms with Gasteiger partial charge in [-0.25, -0.2) is 9.67 Å². The van der Waals surface area contributed by atoms with E-state index < -0.39 is 0 Å². The molecule has 0 aliphatic heterocycles. The van der Waals surface area contributed by atoms with Crippen molar-refractivity contribution < 1.29 is 0 Å². The van der Waals surface area contributed by atoms with Crippen LogP contribution in [0.4, 0.5) is 5.95 Å². The van der Waals surface area contributed by atoms with E-state index in [0.29, 0.717) is 5.82 Å². The van der Waals surface area contributed by atoms with Gasteiger partial charge in [-0.1, -0.05) is 0 Å². The monoisotopic (exact) mass is 161 g/mol. The number of nitrogens with two attached hydrogens (primary N) is 1. The average molecular weight is 161 g/mol. The largest absolute Gasteiger partial charge is 0.368 e. The summed E-state index contributed by atoms with van der Waals surface area (Å²) in [6, 6.07) is 3.56. The highest BCUT2D eigenvalue weighted by atomic mass is 15.3. The first-order valence-electron chi connectivity index (χ1n) is 3.45. The average Bonchev–Trinajstić information content (AvgIpc) is 2.56. The van der Waals surface area contributed by atoms with E-state index >= 15 is 0 Å². The number of hydrogen-bond donors (Lipinski definition) is 1. The molecule has 0 saturated heterocycles. The molecule has 0 spiro atoms. The van der Waals surface area contributed by atoms with Gasteiger partial charge in [0, 0.05) is 24.7 Å². The van der Waals surface area contributed by atoms with Crippen molar-refractivity contribution in [2.75, 3.05) is 5.73 Å². The molecule has 0 amide bonds. The van der Waals surface area contributed by atoms with E-state index in [-0.39, 0.29) is 5.95 Å². The van der Waals surface area contributed by atoms with Crippen LogP contribution in [0.25, 0.3) is 5.82 Å². The van der Waals surface area contributed by atoms with Gasteiger partial charge in [0.2, 0.25) is 5.95 Å². The van der Waals surface area contributed by atoms with Crippen LogP contribution in [-0.4, -0.2) is 19.7 Å². The van der Waals surface area contributed by atoms with Crippen LogP contribution in [0.15, 0.2) is 30.7 Å². The molecule has 2 N–H and O–H groups in total. The second kappa shape index (κ2) is 2.61. The predicted octanol–water partition coefficient (Wildman–Crippen LogP) is 0.244. The normalized spacial score (nSPS) is 10.0. The molecule has 2 heterocycles. The van der Waals surface area contributed by atoms with Crippen molar-refractivity contribution >= 4 is 5.95 Å². The molecular weight excluding hydrogens is 154 g/mol. The molecule has 0 aliphatic carbocycles. The zero-order chi connectivity index (χ0) is 8.39. The standard InChI is InChI=1S/C7H7N5/c8-7-9-4-2-6(11-7)12-5-1-3-10-12/h1-5H,(H2,8,9,11). The Kier molecular flexibility index (Phi) is 1.48. The minimum atomic E-state index is 0.253. The minimum Gasteiger partial charge on any atom is -0.368 e. The van der Waals surface area contributed by atoms with E-state index in [4.69, 9.17) is 5.73 Å². The van der Waals surface area contributed by atoms with Gasteiger partial charge in [-0.15, -0.1) is 0 Å². The Labute approximate surface area is 68.9 Å². The van der Waals surface area contributed by atoms with E-state index in [2.05, 4.69) is 15.1 Å². The second-order valence-electron chi connectivity index (χ2n) is 2.22. The first-order chi connectivity index (χ1) is 5.86. The van der Waals surface area contributed by atoms with Crippen LogP contribution >= 0.6 is 0 Å². The van der Waals surface area contributed by atoms with E-state index in [1.54, 1.807) is 29.3 Å². The fraction of sp³-hybridized carbons (Fsp3) is 0. The Bertz CT molecular complexity index is 367. The number of rotatable bonds is 1. The van der Waals surface area contributed by atoms with Gasteiger partial charge in [0.25, 0.3) is 0 Å². The summed E-state index contributed by atoms with van der Waals surface area (Å²) in [6.07, 6.45) is 5.07. The first kappa shape index (κ1) is 6.78. The van der Waals surface area contributed by atoms with Gasteiger partial charge in [0.15, 0.2) is 5.82 Å². The summed E-state index contributed by atoms with van der Waals surface area (Å²) in [6.45, 7) is 0. The lowest BCUT2D eigenvalue weighted by Gasteiger charge is -1.98. The van der Waals surface area contributed by atoms with Gasteiger partial charge < -0.3 is 5.73 Å². The van der Waals surface area contributed by atoms with Crippen molar-refractivity contribution in [3.63, 3.8) is 0 Å². The summed E-state index contributed by atoms with van der Waals surface area (Å²) >= 11 is 0. The summed E-state index contributed by atoms with van der Waals surface area (Å²) in [5.74, 6) is 0.926. The number of aromatic nitrogens is 4. The molecule has 2 rings (SSSR count). The summed E-state index contributed by atoms with van der Waals surface area (Å²) in [4.78, 5) is 7.76. The van der Waals surface area contributed by atoms with Gasteiger partial charge in [0.05, 0.1) is 0 Å². The Morgan fingerprint density at radius 3 is 2.92 bits per heavy atom. The maximum Gasteiger partial charge on any atom is 0.221 e. The molecule has 2 aromatic heterocycles. The highest BCUT2D eigenvalue weighted by Gasteiger charge is 1.96. The number of nitrogen functional groups attached to an aromatic ring is 1. The SMILES string of the molecule is Nc1nccc(-n2cccn2)n1. The molecule has 0 saturated carbocycles. The van der Waals surface area contributed by atoms with Gasteiger partial charge in [-0.3, -0.25) is 0 Å². The van der Waals surface area contributed by atoms with Crippen molar-refractivity contribution in [1.82, 2.24) is 19.7 Å². The fourth-order valence-electron chi connectivity index (χ4n) is 0.896. The predicted molar refractivity (Wildman–Crippen MR) is 43.6 cm³/mol.